The van der Waals surface area contributed by atoms with Crippen LogP contribution in [0.5, 0.6) is 0 Å². The maximum Gasteiger partial charge on any atom is 0.241 e. The van der Waals surface area contributed by atoms with Gasteiger partial charge in [-0.3, -0.25) is 4.79 Å². The van der Waals surface area contributed by atoms with Crippen molar-refractivity contribution in [3.63, 3.8) is 0 Å². The Morgan fingerprint density at radius 2 is 1.88 bits per heavy atom. The highest BCUT2D eigenvalue weighted by Gasteiger charge is 2.27. The maximum absolute atomic E-state index is 12.7. The minimum Gasteiger partial charge on any atom is -0.301 e. The first-order valence-corrected chi connectivity index (χ1v) is 10.4. The fourth-order valence-corrected chi connectivity index (χ4v) is 4.86. The molecule has 8 heteroatoms. The van der Waals surface area contributed by atoms with Gasteiger partial charge in [0.2, 0.25) is 15.9 Å². The molecule has 1 aromatic heterocycles. The molecule has 2 rings (SSSR count). The lowest BCUT2D eigenvalue weighted by molar-refractivity contribution is -0.116. The van der Waals surface area contributed by atoms with Gasteiger partial charge in [-0.15, -0.1) is 11.3 Å². The molecule has 1 N–H and O–H groups in total. The minimum atomic E-state index is -3.61. The van der Waals surface area contributed by atoms with E-state index < -0.39 is 10.0 Å². The molecule has 1 amide bonds. The third-order valence-electron chi connectivity index (χ3n) is 3.70. The summed E-state index contributed by atoms with van der Waals surface area (Å²) in [5.74, 6) is -0.520. The van der Waals surface area contributed by atoms with Crippen molar-refractivity contribution in [2.75, 3.05) is 11.9 Å². The van der Waals surface area contributed by atoms with E-state index in [9.17, 15) is 13.2 Å². The highest BCUT2D eigenvalue weighted by molar-refractivity contribution is 7.88. The second-order valence-electron chi connectivity index (χ2n) is 6.09. The molecule has 0 atom stereocenters. The Morgan fingerprint density at radius 3 is 2.40 bits per heavy atom. The molecule has 6 nitrogen and oxygen atoms in total. The number of thiazole rings is 1. The highest BCUT2D eigenvalue weighted by atomic mass is 32.2. The van der Waals surface area contributed by atoms with Gasteiger partial charge in [-0.2, -0.15) is 4.31 Å². The summed E-state index contributed by atoms with van der Waals surface area (Å²) in [6, 6.07) is 8.63. The molecular formula is C17H23N3O3S2. The average molecular weight is 382 g/mol. The minimum absolute atomic E-state index is 0.130. The van der Waals surface area contributed by atoms with E-state index in [0.29, 0.717) is 10.7 Å². The van der Waals surface area contributed by atoms with E-state index in [2.05, 4.69) is 10.3 Å². The normalized spacial score (nSPS) is 11.9. The van der Waals surface area contributed by atoms with Crippen molar-refractivity contribution in [1.29, 1.82) is 0 Å². The maximum atomic E-state index is 12.7. The van der Waals surface area contributed by atoms with Crippen molar-refractivity contribution >= 4 is 32.4 Å². The molecule has 0 aliphatic carbocycles. The molecule has 2 aromatic rings. The van der Waals surface area contributed by atoms with Crippen LogP contribution < -0.4 is 5.32 Å². The predicted molar refractivity (Wildman–Crippen MR) is 101 cm³/mol. The van der Waals surface area contributed by atoms with Gasteiger partial charge in [-0.25, -0.2) is 13.4 Å². The Bertz CT molecular complexity index is 811. The third kappa shape index (κ3) is 5.35. The van der Waals surface area contributed by atoms with Gasteiger partial charge in [0.05, 0.1) is 18.0 Å². The molecule has 0 spiro atoms. The standard InChI is InChI=1S/C17H23N3O3S2/c1-12(2)20(25(22,23)11-15-8-6-5-7-9-15)10-16(21)19-17-18-13(3)14(4)24-17/h5-9,12H,10-11H2,1-4H3,(H,18,19,21). The Kier molecular flexibility index (Phi) is 6.31. The van der Waals surface area contributed by atoms with Crippen LogP contribution in [-0.2, 0) is 20.6 Å². The molecule has 0 bridgehead atoms. The number of nitrogens with one attached hydrogen (secondary N) is 1. The van der Waals surface area contributed by atoms with Crippen molar-refractivity contribution in [2.24, 2.45) is 0 Å². The zero-order valence-electron chi connectivity index (χ0n) is 14.8. The number of sulfonamides is 1. The van der Waals surface area contributed by atoms with Gasteiger partial charge in [-0.1, -0.05) is 30.3 Å². The first-order chi connectivity index (χ1) is 11.7. The summed E-state index contributed by atoms with van der Waals surface area (Å²) in [5, 5.41) is 3.18. The monoisotopic (exact) mass is 381 g/mol. The number of amides is 1. The van der Waals surface area contributed by atoms with Gasteiger partial charge in [-0.05, 0) is 33.3 Å². The second-order valence-corrected chi connectivity index (χ2v) is 9.21. The SMILES string of the molecule is Cc1nc(NC(=O)CN(C(C)C)S(=O)(=O)Cc2ccccc2)sc1C. The molecule has 0 unspecified atom stereocenters. The van der Waals surface area contributed by atoms with Crippen LogP contribution >= 0.6 is 11.3 Å². The van der Waals surface area contributed by atoms with Crippen LogP contribution in [0.15, 0.2) is 30.3 Å². The quantitative estimate of drug-likeness (QED) is 0.800. The highest BCUT2D eigenvalue weighted by Crippen LogP contribution is 2.21. The number of hydrogen-bond donors (Lipinski definition) is 1. The van der Waals surface area contributed by atoms with Crippen LogP contribution in [0.4, 0.5) is 5.13 Å². The van der Waals surface area contributed by atoms with Gasteiger partial charge in [0.1, 0.15) is 0 Å². The third-order valence-corrected chi connectivity index (χ3v) is 6.65. The summed E-state index contributed by atoms with van der Waals surface area (Å²) in [7, 11) is -3.61. The zero-order chi connectivity index (χ0) is 18.6. The first-order valence-electron chi connectivity index (χ1n) is 7.96. The smallest absolute Gasteiger partial charge is 0.241 e. The van der Waals surface area contributed by atoms with Crippen molar-refractivity contribution in [3.05, 3.63) is 46.5 Å². The summed E-state index contributed by atoms with van der Waals surface area (Å²) in [6.07, 6.45) is 0. The van der Waals surface area contributed by atoms with Crippen molar-refractivity contribution in [2.45, 2.75) is 39.5 Å². The lowest BCUT2D eigenvalue weighted by Crippen LogP contribution is -2.42. The van der Waals surface area contributed by atoms with E-state index >= 15 is 0 Å². The second kappa shape index (κ2) is 8.07. The van der Waals surface area contributed by atoms with Gasteiger partial charge in [0.15, 0.2) is 5.13 Å². The molecule has 0 radical (unpaired) electrons. The number of carbonyl (C=O) groups excluding carboxylic acids is 1. The fourth-order valence-electron chi connectivity index (χ4n) is 2.30. The van der Waals surface area contributed by atoms with E-state index in [1.807, 2.05) is 19.9 Å². The molecule has 25 heavy (non-hydrogen) atoms. The summed E-state index contributed by atoms with van der Waals surface area (Å²) in [5.41, 5.74) is 1.55. The topological polar surface area (TPSA) is 79.4 Å². The van der Waals surface area contributed by atoms with E-state index in [0.717, 1.165) is 10.6 Å². The molecule has 1 heterocycles. The Balaban J connectivity index is 2.10. The summed E-state index contributed by atoms with van der Waals surface area (Å²) in [6.45, 7) is 7.07. The van der Waals surface area contributed by atoms with E-state index in [1.165, 1.54) is 15.6 Å². The lowest BCUT2D eigenvalue weighted by Gasteiger charge is -2.25. The van der Waals surface area contributed by atoms with Crippen molar-refractivity contribution in [3.8, 4) is 0 Å². The molecule has 0 saturated carbocycles. The number of anilines is 1. The average Bonchev–Trinajstić information content (AvgIpc) is 2.82. The summed E-state index contributed by atoms with van der Waals surface area (Å²) in [4.78, 5) is 17.6. The van der Waals surface area contributed by atoms with E-state index in [-0.39, 0.29) is 24.2 Å². The fraction of sp³-hybridized carbons (Fsp3) is 0.412. The molecule has 0 saturated heterocycles. The van der Waals surface area contributed by atoms with Gasteiger partial charge in [0, 0.05) is 10.9 Å². The first kappa shape index (κ1) is 19.6. The lowest BCUT2D eigenvalue weighted by atomic mass is 10.2. The summed E-state index contributed by atoms with van der Waals surface area (Å²) < 4.78 is 26.7. The van der Waals surface area contributed by atoms with Crippen LogP contribution in [0.25, 0.3) is 0 Å². The molecule has 136 valence electrons. The Morgan fingerprint density at radius 1 is 1.24 bits per heavy atom. The van der Waals surface area contributed by atoms with Crippen LogP contribution in [0.3, 0.4) is 0 Å². The number of hydrogen-bond acceptors (Lipinski definition) is 5. The number of aromatic nitrogens is 1. The van der Waals surface area contributed by atoms with Gasteiger partial charge >= 0.3 is 0 Å². The van der Waals surface area contributed by atoms with Crippen LogP contribution in [0.2, 0.25) is 0 Å². The number of benzene rings is 1. The van der Waals surface area contributed by atoms with Crippen LogP contribution in [0.1, 0.15) is 30.0 Å². The summed E-state index contributed by atoms with van der Waals surface area (Å²) >= 11 is 1.38. The largest absolute Gasteiger partial charge is 0.301 e. The number of aryl methyl sites for hydroxylation is 2. The van der Waals surface area contributed by atoms with Gasteiger partial charge in [0.25, 0.3) is 0 Å². The Labute approximate surface area is 153 Å². The molecule has 0 aliphatic rings. The predicted octanol–water partition coefficient (Wildman–Crippen LogP) is 2.94. The van der Waals surface area contributed by atoms with Crippen LogP contribution in [-0.4, -0.2) is 36.2 Å². The van der Waals surface area contributed by atoms with E-state index in [1.54, 1.807) is 38.1 Å². The van der Waals surface area contributed by atoms with Crippen molar-refractivity contribution < 1.29 is 13.2 Å². The number of carbonyl (C=O) groups is 1. The van der Waals surface area contributed by atoms with Crippen molar-refractivity contribution in [1.82, 2.24) is 9.29 Å². The van der Waals surface area contributed by atoms with E-state index in [4.69, 9.17) is 0 Å². The molecular weight excluding hydrogens is 358 g/mol. The number of nitrogens with zero attached hydrogens (tertiary/aromatic N) is 2. The van der Waals surface area contributed by atoms with Crippen LogP contribution in [0, 0.1) is 13.8 Å². The molecule has 0 fully saturated rings. The Hall–Kier alpha value is -1.77. The zero-order valence-corrected chi connectivity index (χ0v) is 16.4. The number of rotatable bonds is 7. The van der Waals surface area contributed by atoms with Gasteiger partial charge < -0.3 is 5.32 Å². The molecule has 0 aliphatic heterocycles. The molecule has 1 aromatic carbocycles.